The van der Waals surface area contributed by atoms with Crippen molar-refractivity contribution in [2.45, 2.75) is 37.6 Å². The highest BCUT2D eigenvalue weighted by Gasteiger charge is 2.43. The zero-order valence-corrected chi connectivity index (χ0v) is 10.6. The minimum absolute atomic E-state index is 0.191. The molecular weight excluding hydrogens is 214 g/mol. The third-order valence-corrected chi connectivity index (χ3v) is 4.41. The summed E-state index contributed by atoms with van der Waals surface area (Å²) in [5.41, 5.74) is 1.83. The molecule has 1 aliphatic carbocycles. The Morgan fingerprint density at radius 1 is 1.18 bits per heavy atom. The molecule has 1 atom stereocenters. The van der Waals surface area contributed by atoms with Gasteiger partial charge in [-0.05, 0) is 32.1 Å². The molecular formula is C14H23NO2. The summed E-state index contributed by atoms with van der Waals surface area (Å²) in [6.45, 7) is 5.72. The average molecular weight is 237 g/mol. The highest BCUT2D eigenvalue weighted by molar-refractivity contribution is 5.10. The van der Waals surface area contributed by atoms with E-state index in [0.29, 0.717) is 0 Å². The van der Waals surface area contributed by atoms with Gasteiger partial charge in [0.1, 0.15) is 0 Å². The van der Waals surface area contributed by atoms with Crippen LogP contribution in [0.5, 0.6) is 0 Å². The lowest BCUT2D eigenvalue weighted by Gasteiger charge is -2.44. The van der Waals surface area contributed by atoms with Crippen molar-refractivity contribution in [1.29, 1.82) is 0 Å². The monoisotopic (exact) mass is 237 g/mol. The first-order valence-corrected chi connectivity index (χ1v) is 6.98. The minimum atomic E-state index is 0.191. The average Bonchev–Trinajstić information content (AvgIpc) is 2.83. The van der Waals surface area contributed by atoms with Gasteiger partial charge in [-0.2, -0.15) is 0 Å². The number of hydrogen-bond acceptors (Lipinski definition) is 3. The van der Waals surface area contributed by atoms with E-state index >= 15 is 0 Å². The molecule has 0 radical (unpaired) electrons. The fourth-order valence-corrected chi connectivity index (χ4v) is 3.27. The maximum absolute atomic E-state index is 5.69. The van der Waals surface area contributed by atoms with Gasteiger partial charge in [0.25, 0.3) is 0 Å². The molecule has 0 aromatic heterocycles. The quantitative estimate of drug-likeness (QED) is 0.685. The molecule has 2 saturated heterocycles. The summed E-state index contributed by atoms with van der Waals surface area (Å²) in [4.78, 5) is 2.63. The van der Waals surface area contributed by atoms with Crippen LogP contribution in [0, 0.1) is 0 Å². The molecule has 2 heterocycles. The highest BCUT2D eigenvalue weighted by Crippen LogP contribution is 2.31. The molecule has 0 aromatic carbocycles. The van der Waals surface area contributed by atoms with Gasteiger partial charge in [-0.3, -0.25) is 4.90 Å². The summed E-state index contributed by atoms with van der Waals surface area (Å²) < 4.78 is 11.3. The summed E-state index contributed by atoms with van der Waals surface area (Å²) >= 11 is 0. The predicted octanol–water partition coefficient (Wildman–Crippen LogP) is 1.98. The molecule has 3 nitrogen and oxygen atoms in total. The number of nitrogens with zero attached hydrogens (tertiary/aromatic N) is 1. The van der Waals surface area contributed by atoms with Crippen molar-refractivity contribution in [2.75, 3.05) is 39.5 Å². The van der Waals surface area contributed by atoms with Crippen LogP contribution in [0.1, 0.15) is 32.1 Å². The first-order chi connectivity index (χ1) is 8.39. The van der Waals surface area contributed by atoms with Crippen LogP contribution in [0.4, 0.5) is 0 Å². The first kappa shape index (κ1) is 11.7. The van der Waals surface area contributed by atoms with Gasteiger partial charge >= 0.3 is 0 Å². The minimum Gasteiger partial charge on any atom is -0.379 e. The largest absolute Gasteiger partial charge is 0.379 e. The van der Waals surface area contributed by atoms with Gasteiger partial charge in [-0.15, -0.1) is 0 Å². The lowest BCUT2D eigenvalue weighted by Crippen LogP contribution is -2.57. The van der Waals surface area contributed by atoms with Crippen molar-refractivity contribution in [2.24, 2.45) is 0 Å². The van der Waals surface area contributed by atoms with Gasteiger partial charge < -0.3 is 9.47 Å². The smallest absolute Gasteiger partial charge is 0.0704 e. The molecule has 96 valence electrons. The van der Waals surface area contributed by atoms with Crippen LogP contribution >= 0.6 is 0 Å². The van der Waals surface area contributed by atoms with E-state index in [2.05, 4.69) is 11.0 Å². The zero-order valence-electron chi connectivity index (χ0n) is 10.6. The third kappa shape index (κ3) is 2.42. The molecule has 3 rings (SSSR count). The van der Waals surface area contributed by atoms with E-state index in [0.717, 1.165) is 45.9 Å². The second-order valence-corrected chi connectivity index (χ2v) is 5.61. The number of hydrogen-bond donors (Lipinski definition) is 0. The van der Waals surface area contributed by atoms with Crippen LogP contribution < -0.4 is 0 Å². The summed E-state index contributed by atoms with van der Waals surface area (Å²) in [5.74, 6) is 0. The van der Waals surface area contributed by atoms with Gasteiger partial charge in [0.2, 0.25) is 0 Å². The maximum Gasteiger partial charge on any atom is 0.0704 e. The lowest BCUT2D eigenvalue weighted by atomic mass is 9.93. The molecule has 1 unspecified atom stereocenters. The van der Waals surface area contributed by atoms with Gasteiger partial charge in [0, 0.05) is 19.7 Å². The van der Waals surface area contributed by atoms with E-state index in [1.54, 1.807) is 5.57 Å². The first-order valence-electron chi connectivity index (χ1n) is 6.98. The molecule has 2 aliphatic heterocycles. The summed E-state index contributed by atoms with van der Waals surface area (Å²) in [7, 11) is 0. The molecule has 3 heteroatoms. The summed E-state index contributed by atoms with van der Waals surface area (Å²) in [6, 6.07) is 0. The SMILES string of the molecule is C1=C(CN2CCOCC23CCOC3)CCCC1. The zero-order chi connectivity index (χ0) is 11.6. The Morgan fingerprint density at radius 2 is 2.06 bits per heavy atom. The fourth-order valence-electron chi connectivity index (χ4n) is 3.27. The van der Waals surface area contributed by atoms with Crippen molar-refractivity contribution in [3.63, 3.8) is 0 Å². The van der Waals surface area contributed by atoms with Crippen molar-refractivity contribution in [3.8, 4) is 0 Å². The van der Waals surface area contributed by atoms with E-state index in [-0.39, 0.29) is 5.54 Å². The van der Waals surface area contributed by atoms with E-state index in [1.165, 1.54) is 25.7 Å². The molecule has 0 saturated carbocycles. The summed E-state index contributed by atoms with van der Waals surface area (Å²) in [6.07, 6.45) is 8.93. The van der Waals surface area contributed by atoms with Crippen LogP contribution in [-0.2, 0) is 9.47 Å². The molecule has 0 amide bonds. The molecule has 2 fully saturated rings. The van der Waals surface area contributed by atoms with E-state index in [1.807, 2.05) is 0 Å². The van der Waals surface area contributed by atoms with Crippen molar-refractivity contribution in [3.05, 3.63) is 11.6 Å². The van der Waals surface area contributed by atoms with Crippen LogP contribution in [0.3, 0.4) is 0 Å². The topological polar surface area (TPSA) is 21.7 Å². The Labute approximate surface area is 104 Å². The molecule has 0 aromatic rings. The summed E-state index contributed by atoms with van der Waals surface area (Å²) in [5, 5.41) is 0. The maximum atomic E-state index is 5.69. The van der Waals surface area contributed by atoms with Crippen LogP contribution in [0.25, 0.3) is 0 Å². The molecule has 1 spiro atoms. The van der Waals surface area contributed by atoms with Gasteiger partial charge in [0.05, 0.1) is 25.4 Å². The second-order valence-electron chi connectivity index (χ2n) is 5.61. The number of allylic oxidation sites excluding steroid dienone is 1. The Morgan fingerprint density at radius 3 is 2.82 bits per heavy atom. The van der Waals surface area contributed by atoms with Crippen LogP contribution in [-0.4, -0.2) is 50.0 Å². The van der Waals surface area contributed by atoms with E-state index in [4.69, 9.17) is 9.47 Å². The Kier molecular flexibility index (Phi) is 3.50. The van der Waals surface area contributed by atoms with Crippen LogP contribution in [0.2, 0.25) is 0 Å². The molecule has 17 heavy (non-hydrogen) atoms. The molecule has 0 bridgehead atoms. The van der Waals surface area contributed by atoms with Crippen LogP contribution in [0.15, 0.2) is 11.6 Å². The standard InChI is InChI=1S/C14H23NO2/c1-2-4-13(5-3-1)10-15-7-9-17-12-14(15)6-8-16-11-14/h4H,1-3,5-12H2. The Balaban J connectivity index is 1.68. The number of ether oxygens (including phenoxy) is 2. The molecule has 0 N–H and O–H groups in total. The number of morpholine rings is 1. The fraction of sp³-hybridized carbons (Fsp3) is 0.857. The van der Waals surface area contributed by atoms with E-state index in [9.17, 15) is 0 Å². The van der Waals surface area contributed by atoms with Gasteiger partial charge in [0.15, 0.2) is 0 Å². The molecule has 3 aliphatic rings. The highest BCUT2D eigenvalue weighted by atomic mass is 16.5. The Hall–Kier alpha value is -0.380. The normalized spacial score (nSPS) is 35.2. The number of rotatable bonds is 2. The van der Waals surface area contributed by atoms with Crippen molar-refractivity contribution >= 4 is 0 Å². The van der Waals surface area contributed by atoms with Gasteiger partial charge in [-0.25, -0.2) is 0 Å². The lowest BCUT2D eigenvalue weighted by molar-refractivity contribution is -0.0667. The predicted molar refractivity (Wildman–Crippen MR) is 67.1 cm³/mol. The Bertz CT molecular complexity index is 295. The van der Waals surface area contributed by atoms with Crippen molar-refractivity contribution < 1.29 is 9.47 Å². The third-order valence-electron chi connectivity index (χ3n) is 4.41. The van der Waals surface area contributed by atoms with E-state index < -0.39 is 0 Å². The second kappa shape index (κ2) is 5.09. The van der Waals surface area contributed by atoms with Crippen molar-refractivity contribution in [1.82, 2.24) is 4.90 Å². The van der Waals surface area contributed by atoms with Gasteiger partial charge in [-0.1, -0.05) is 11.6 Å².